The molecule has 4 aromatic heterocycles. The first-order valence-electron chi connectivity index (χ1n) is 20.8. The van der Waals surface area contributed by atoms with Crippen molar-refractivity contribution in [3.63, 3.8) is 0 Å². The molecule has 0 aliphatic rings. The molecule has 5 heteroatoms. The van der Waals surface area contributed by atoms with Crippen LogP contribution in [0, 0.1) is 18.3 Å². The molecule has 13 aromatic rings. The van der Waals surface area contributed by atoms with Crippen LogP contribution in [0.2, 0.25) is 0 Å². The first kappa shape index (κ1) is 33.6. The molecule has 4 heterocycles. The molecule has 0 atom stereocenters. The largest absolute Gasteiger partial charge is 0.309 e. The summed E-state index contributed by atoms with van der Waals surface area (Å²) < 4.78 is 9.63. The monoisotopic (exact) mass is 777 g/mol. The summed E-state index contributed by atoms with van der Waals surface area (Å²) in [5.74, 6) is 0. The molecule has 0 saturated heterocycles. The molecule has 9 aromatic carbocycles. The predicted molar refractivity (Wildman–Crippen MR) is 253 cm³/mol. The summed E-state index contributed by atoms with van der Waals surface area (Å²) >= 11 is 0. The molecule has 0 saturated carbocycles. The summed E-state index contributed by atoms with van der Waals surface area (Å²) in [5, 5.41) is 20.0. The third kappa shape index (κ3) is 4.53. The number of hydrogen-bond donors (Lipinski definition) is 0. The highest BCUT2D eigenvalue weighted by molar-refractivity contribution is 6.29. The van der Waals surface area contributed by atoms with E-state index in [1.165, 1.54) is 43.5 Å². The van der Waals surface area contributed by atoms with Crippen molar-refractivity contribution in [3.8, 4) is 28.8 Å². The molecule has 0 radical (unpaired) electrons. The Labute approximate surface area is 350 Å². The quantitative estimate of drug-likeness (QED) is 0.175. The van der Waals surface area contributed by atoms with Crippen LogP contribution in [0.4, 0.5) is 0 Å². The summed E-state index contributed by atoms with van der Waals surface area (Å²) in [4.78, 5) is 0. The Hall–Kier alpha value is -8.33. The zero-order chi connectivity index (χ0) is 40.3. The number of benzene rings is 9. The van der Waals surface area contributed by atoms with Crippen molar-refractivity contribution in [2.24, 2.45) is 0 Å². The number of aromatic nitrogens is 4. The van der Waals surface area contributed by atoms with Gasteiger partial charge in [0.05, 0.1) is 55.8 Å². The van der Waals surface area contributed by atoms with E-state index in [9.17, 15) is 5.26 Å². The second kappa shape index (κ2) is 12.6. The Bertz CT molecular complexity index is 3990. The van der Waals surface area contributed by atoms with Crippen LogP contribution in [0.1, 0.15) is 11.1 Å². The number of rotatable bonds is 4. The van der Waals surface area contributed by atoms with E-state index in [0.29, 0.717) is 5.56 Å². The third-order valence-corrected chi connectivity index (χ3v) is 12.9. The van der Waals surface area contributed by atoms with Gasteiger partial charge in [0, 0.05) is 65.8 Å². The van der Waals surface area contributed by atoms with Gasteiger partial charge in [-0.2, -0.15) is 5.26 Å². The average Bonchev–Trinajstić information content (AvgIpc) is 4.04. The van der Waals surface area contributed by atoms with E-state index < -0.39 is 0 Å². The van der Waals surface area contributed by atoms with E-state index in [-0.39, 0.29) is 0 Å². The number of aryl methyl sites for hydroxylation is 1. The topological polar surface area (TPSA) is 43.5 Å². The molecule has 13 rings (SSSR count). The van der Waals surface area contributed by atoms with E-state index in [4.69, 9.17) is 0 Å². The van der Waals surface area contributed by atoms with Gasteiger partial charge in [0.1, 0.15) is 0 Å². The van der Waals surface area contributed by atoms with Crippen LogP contribution >= 0.6 is 0 Å². The lowest BCUT2D eigenvalue weighted by Crippen LogP contribution is -1.96. The van der Waals surface area contributed by atoms with Gasteiger partial charge in [-0.15, -0.1) is 0 Å². The number of hydrogen-bond acceptors (Lipinski definition) is 1. The highest BCUT2D eigenvalue weighted by Crippen LogP contribution is 2.46. The van der Waals surface area contributed by atoms with E-state index in [1.807, 2.05) is 12.1 Å². The second-order valence-electron chi connectivity index (χ2n) is 16.1. The maximum atomic E-state index is 10.7. The Morgan fingerprint density at radius 3 is 1.54 bits per heavy atom. The minimum Gasteiger partial charge on any atom is -0.309 e. The minimum atomic E-state index is 0.664. The fourth-order valence-corrected chi connectivity index (χ4v) is 10.5. The third-order valence-electron chi connectivity index (χ3n) is 12.9. The highest BCUT2D eigenvalue weighted by Gasteiger charge is 2.26. The molecule has 0 N–H and O–H groups in total. The van der Waals surface area contributed by atoms with Crippen molar-refractivity contribution in [1.29, 1.82) is 5.26 Å². The summed E-state index contributed by atoms with van der Waals surface area (Å²) in [6.45, 7) is 2.24. The van der Waals surface area contributed by atoms with E-state index in [1.54, 1.807) is 0 Å². The van der Waals surface area contributed by atoms with Crippen LogP contribution < -0.4 is 0 Å². The fourth-order valence-electron chi connectivity index (χ4n) is 10.5. The number of nitrogens with zero attached hydrogens (tertiary/aromatic N) is 5. The Morgan fingerprint density at radius 1 is 0.328 bits per heavy atom. The molecule has 284 valence electrons. The molecule has 0 spiro atoms. The van der Waals surface area contributed by atoms with Gasteiger partial charge < -0.3 is 18.3 Å². The molecule has 0 amide bonds. The molecule has 0 aliphatic carbocycles. The van der Waals surface area contributed by atoms with Gasteiger partial charge in [0.15, 0.2) is 0 Å². The summed E-state index contributed by atoms with van der Waals surface area (Å²) in [5.41, 5.74) is 15.2. The normalized spacial score (nSPS) is 12.0. The van der Waals surface area contributed by atoms with Crippen LogP contribution in [0.5, 0.6) is 0 Å². The van der Waals surface area contributed by atoms with Crippen molar-refractivity contribution in [2.45, 2.75) is 6.92 Å². The van der Waals surface area contributed by atoms with Gasteiger partial charge in [-0.3, -0.25) is 0 Å². The first-order chi connectivity index (χ1) is 30.2. The standard InChI is InChI=1S/C56H35N5/c1-35-32-50-54(52-36(34-57)16-15-27-48(52)58(50)37-17-5-2-6-18-37)56-51(35)44-33-40(28-30-47(44)61(56)39-21-9-4-10-22-39)59-46-26-14-12-24-43(46)53-49(59)31-29-42-41-23-11-13-25-45(41)60(55(42)53)38-19-7-3-8-20-38/h2-33H,1H3. The van der Waals surface area contributed by atoms with Gasteiger partial charge in [-0.1, -0.05) is 103 Å². The van der Waals surface area contributed by atoms with Gasteiger partial charge in [0.2, 0.25) is 0 Å². The zero-order valence-electron chi connectivity index (χ0n) is 33.2. The van der Waals surface area contributed by atoms with Crippen molar-refractivity contribution in [3.05, 3.63) is 205 Å². The van der Waals surface area contributed by atoms with E-state index in [2.05, 4.69) is 213 Å². The van der Waals surface area contributed by atoms with Crippen LogP contribution in [0.25, 0.3) is 110 Å². The van der Waals surface area contributed by atoms with E-state index >= 15 is 0 Å². The van der Waals surface area contributed by atoms with Crippen LogP contribution in [0.15, 0.2) is 194 Å². The second-order valence-corrected chi connectivity index (χ2v) is 16.1. The van der Waals surface area contributed by atoms with Crippen LogP contribution in [0.3, 0.4) is 0 Å². The first-order valence-corrected chi connectivity index (χ1v) is 20.8. The molecule has 61 heavy (non-hydrogen) atoms. The summed E-state index contributed by atoms with van der Waals surface area (Å²) in [6.07, 6.45) is 0. The van der Waals surface area contributed by atoms with Crippen molar-refractivity contribution in [2.75, 3.05) is 0 Å². The average molecular weight is 778 g/mol. The molecule has 0 fully saturated rings. The summed E-state index contributed by atoms with van der Waals surface area (Å²) in [7, 11) is 0. The Balaban J connectivity index is 1.18. The van der Waals surface area contributed by atoms with Crippen LogP contribution in [-0.2, 0) is 0 Å². The minimum absolute atomic E-state index is 0.664. The zero-order valence-corrected chi connectivity index (χ0v) is 33.2. The van der Waals surface area contributed by atoms with E-state index in [0.717, 1.165) is 72.0 Å². The highest BCUT2D eigenvalue weighted by atomic mass is 15.0. The Morgan fingerprint density at radius 2 is 0.852 bits per heavy atom. The van der Waals surface area contributed by atoms with Gasteiger partial charge in [0.25, 0.3) is 0 Å². The van der Waals surface area contributed by atoms with Gasteiger partial charge >= 0.3 is 0 Å². The molecule has 0 bridgehead atoms. The number of para-hydroxylation sites is 5. The fraction of sp³-hybridized carbons (Fsp3) is 0.0179. The van der Waals surface area contributed by atoms with Crippen molar-refractivity contribution >= 4 is 87.2 Å². The molecular weight excluding hydrogens is 743 g/mol. The smallest absolute Gasteiger partial charge is 0.0999 e. The lowest BCUT2D eigenvalue weighted by Gasteiger charge is -2.11. The van der Waals surface area contributed by atoms with Crippen molar-refractivity contribution in [1.82, 2.24) is 18.3 Å². The molecular formula is C56H35N5. The maximum absolute atomic E-state index is 10.7. The maximum Gasteiger partial charge on any atom is 0.0999 e. The van der Waals surface area contributed by atoms with Gasteiger partial charge in [-0.05, 0) is 103 Å². The van der Waals surface area contributed by atoms with Gasteiger partial charge in [-0.25, -0.2) is 0 Å². The SMILES string of the molecule is Cc1cc2c(c3c(C#N)cccc3n2-c2ccccc2)c2c1c1cc(-n3c4ccccc4c4c3ccc3c5ccccc5n(-c5ccccc5)c34)ccc1n2-c1ccccc1. The number of nitriles is 1. The molecule has 5 nitrogen and oxygen atoms in total. The summed E-state index contributed by atoms with van der Waals surface area (Å²) in [6, 6.07) is 72.1. The number of fused-ring (bicyclic) bond motifs is 14. The lowest BCUT2D eigenvalue weighted by atomic mass is 10.0. The van der Waals surface area contributed by atoms with Crippen LogP contribution in [-0.4, -0.2) is 18.3 Å². The Kier molecular flexibility index (Phi) is 6.94. The molecule has 0 unspecified atom stereocenters. The lowest BCUT2D eigenvalue weighted by molar-refractivity contribution is 1.16. The molecule has 0 aliphatic heterocycles. The van der Waals surface area contributed by atoms with Crippen molar-refractivity contribution < 1.29 is 0 Å². The predicted octanol–water partition coefficient (Wildman–Crippen LogP) is 14.3.